The van der Waals surface area contributed by atoms with E-state index in [0.717, 1.165) is 21.2 Å². The van der Waals surface area contributed by atoms with Gasteiger partial charge >= 0.3 is 0 Å². The molecule has 1 aromatic heterocycles. The molecule has 0 atom stereocenters. The summed E-state index contributed by atoms with van der Waals surface area (Å²) in [7, 11) is 0. The lowest BCUT2D eigenvalue weighted by Crippen LogP contribution is -1.97. The van der Waals surface area contributed by atoms with Gasteiger partial charge < -0.3 is 5.73 Å². The molecule has 4 nitrogen and oxygen atoms in total. The van der Waals surface area contributed by atoms with E-state index in [1.807, 2.05) is 42.5 Å². The second-order valence-electron chi connectivity index (χ2n) is 3.71. The molecule has 1 heterocycles. The summed E-state index contributed by atoms with van der Waals surface area (Å²) >= 11 is 3.40. The van der Waals surface area contributed by atoms with Gasteiger partial charge in [0.25, 0.3) is 0 Å². The second kappa shape index (κ2) is 3.85. The lowest BCUT2D eigenvalue weighted by Gasteiger charge is -1.97. The van der Waals surface area contributed by atoms with Crippen molar-refractivity contribution in [2.45, 2.75) is 0 Å². The van der Waals surface area contributed by atoms with E-state index in [4.69, 9.17) is 5.73 Å². The molecule has 2 N–H and O–H groups in total. The fraction of sp³-hybridized carbons (Fsp3) is 0. The van der Waals surface area contributed by atoms with E-state index < -0.39 is 0 Å². The minimum Gasteiger partial charge on any atom is -0.399 e. The first-order chi connectivity index (χ1) is 8.22. The first-order valence-corrected chi connectivity index (χ1v) is 5.90. The molecule has 0 aliphatic heterocycles. The Morgan fingerprint density at radius 3 is 2.41 bits per heavy atom. The maximum atomic E-state index is 5.71. The Kier molecular flexibility index (Phi) is 2.33. The normalized spacial score (nSPS) is 10.9. The molecule has 3 aromatic rings. The molecule has 0 unspecified atom stereocenters. The predicted molar refractivity (Wildman–Crippen MR) is 71.0 cm³/mol. The molecular weight excluding hydrogens is 280 g/mol. The number of nitrogen functional groups attached to an aromatic ring is 1. The number of halogens is 1. The third-order valence-corrected chi connectivity index (χ3v) is 2.99. The van der Waals surface area contributed by atoms with Gasteiger partial charge in [-0.2, -0.15) is 4.80 Å². The van der Waals surface area contributed by atoms with E-state index in [1.54, 1.807) is 4.80 Å². The summed E-state index contributed by atoms with van der Waals surface area (Å²) < 4.78 is 1.03. The Labute approximate surface area is 106 Å². The van der Waals surface area contributed by atoms with Crippen LogP contribution in [-0.4, -0.2) is 15.0 Å². The van der Waals surface area contributed by atoms with E-state index >= 15 is 0 Å². The van der Waals surface area contributed by atoms with Crippen LogP contribution in [0.15, 0.2) is 46.9 Å². The van der Waals surface area contributed by atoms with Crippen LogP contribution < -0.4 is 5.73 Å². The number of fused-ring (bicyclic) bond motifs is 1. The van der Waals surface area contributed by atoms with Gasteiger partial charge in [0, 0.05) is 10.2 Å². The Balaban J connectivity index is 2.14. The SMILES string of the molecule is Nc1ccc2nn(-c3ccc(Br)cc3)nc2c1. The van der Waals surface area contributed by atoms with E-state index in [1.165, 1.54) is 0 Å². The van der Waals surface area contributed by atoms with E-state index in [9.17, 15) is 0 Å². The van der Waals surface area contributed by atoms with Crippen molar-refractivity contribution in [3.05, 3.63) is 46.9 Å². The maximum Gasteiger partial charge on any atom is 0.115 e. The van der Waals surface area contributed by atoms with Gasteiger partial charge in [0.1, 0.15) is 11.0 Å². The molecule has 0 radical (unpaired) electrons. The second-order valence-corrected chi connectivity index (χ2v) is 4.63. The van der Waals surface area contributed by atoms with Gasteiger partial charge in [0.2, 0.25) is 0 Å². The van der Waals surface area contributed by atoms with Crippen LogP contribution in [0.2, 0.25) is 0 Å². The zero-order chi connectivity index (χ0) is 11.8. The number of hydrogen-bond acceptors (Lipinski definition) is 3. The molecular formula is C12H9BrN4. The largest absolute Gasteiger partial charge is 0.399 e. The molecule has 0 aliphatic rings. The van der Waals surface area contributed by atoms with Crippen molar-refractivity contribution in [1.82, 2.24) is 15.0 Å². The first-order valence-electron chi connectivity index (χ1n) is 5.11. The Morgan fingerprint density at radius 1 is 0.941 bits per heavy atom. The summed E-state index contributed by atoms with van der Waals surface area (Å²) in [5, 5.41) is 8.77. The van der Waals surface area contributed by atoms with E-state index in [2.05, 4.69) is 26.1 Å². The number of nitrogens with zero attached hydrogens (tertiary/aromatic N) is 3. The average molecular weight is 289 g/mol. The molecule has 0 fully saturated rings. The van der Waals surface area contributed by atoms with Crippen LogP contribution in [0.4, 0.5) is 5.69 Å². The molecule has 2 aromatic carbocycles. The van der Waals surface area contributed by atoms with Gasteiger partial charge in [-0.25, -0.2) is 0 Å². The molecule has 0 spiro atoms. The lowest BCUT2D eigenvalue weighted by atomic mass is 10.3. The average Bonchev–Trinajstić information content (AvgIpc) is 2.72. The summed E-state index contributed by atoms with van der Waals surface area (Å²) in [5.41, 5.74) is 8.96. The monoisotopic (exact) mass is 288 g/mol. The van der Waals surface area contributed by atoms with Crippen LogP contribution >= 0.6 is 15.9 Å². The first kappa shape index (κ1) is 10.3. The molecule has 0 bridgehead atoms. The highest BCUT2D eigenvalue weighted by molar-refractivity contribution is 9.10. The third-order valence-electron chi connectivity index (χ3n) is 2.46. The standard InChI is InChI=1S/C12H9BrN4/c13-8-1-4-10(5-2-8)17-15-11-6-3-9(14)7-12(11)16-17/h1-7H,14H2. The smallest absolute Gasteiger partial charge is 0.115 e. The van der Waals surface area contributed by atoms with Crippen molar-refractivity contribution >= 4 is 32.7 Å². The van der Waals surface area contributed by atoms with Gasteiger partial charge in [-0.1, -0.05) is 15.9 Å². The van der Waals surface area contributed by atoms with Crippen molar-refractivity contribution in [1.29, 1.82) is 0 Å². The van der Waals surface area contributed by atoms with Gasteiger partial charge in [-0.05, 0) is 42.5 Å². The van der Waals surface area contributed by atoms with E-state index in [-0.39, 0.29) is 0 Å². The molecule has 84 valence electrons. The van der Waals surface area contributed by atoms with Gasteiger partial charge in [-0.15, -0.1) is 10.2 Å². The number of rotatable bonds is 1. The molecule has 0 saturated carbocycles. The Bertz CT molecular complexity index is 673. The summed E-state index contributed by atoms with van der Waals surface area (Å²) in [4.78, 5) is 1.61. The number of anilines is 1. The van der Waals surface area contributed by atoms with Gasteiger partial charge in [0.05, 0.1) is 5.69 Å². The summed E-state index contributed by atoms with van der Waals surface area (Å²) in [6.07, 6.45) is 0. The summed E-state index contributed by atoms with van der Waals surface area (Å²) in [6.45, 7) is 0. The fourth-order valence-electron chi connectivity index (χ4n) is 1.62. The molecule has 0 amide bonds. The summed E-state index contributed by atoms with van der Waals surface area (Å²) in [5.74, 6) is 0. The highest BCUT2D eigenvalue weighted by Gasteiger charge is 2.04. The van der Waals surface area contributed by atoms with Crippen LogP contribution in [-0.2, 0) is 0 Å². The predicted octanol–water partition coefficient (Wildman–Crippen LogP) is 2.77. The van der Waals surface area contributed by atoms with Crippen molar-refractivity contribution in [3.63, 3.8) is 0 Å². The molecule has 3 rings (SSSR count). The Morgan fingerprint density at radius 2 is 1.65 bits per heavy atom. The van der Waals surface area contributed by atoms with Gasteiger partial charge in [0.15, 0.2) is 0 Å². The number of hydrogen-bond donors (Lipinski definition) is 1. The van der Waals surface area contributed by atoms with Crippen molar-refractivity contribution in [2.24, 2.45) is 0 Å². The zero-order valence-corrected chi connectivity index (χ0v) is 10.4. The highest BCUT2D eigenvalue weighted by Crippen LogP contribution is 2.17. The highest BCUT2D eigenvalue weighted by atomic mass is 79.9. The maximum absolute atomic E-state index is 5.71. The third kappa shape index (κ3) is 1.89. The number of aromatic nitrogens is 3. The molecule has 5 heteroatoms. The lowest BCUT2D eigenvalue weighted by molar-refractivity contribution is 0.765. The summed E-state index contributed by atoms with van der Waals surface area (Å²) in [6, 6.07) is 13.3. The van der Waals surface area contributed by atoms with Crippen molar-refractivity contribution in [3.8, 4) is 5.69 Å². The number of benzene rings is 2. The van der Waals surface area contributed by atoms with Crippen molar-refractivity contribution < 1.29 is 0 Å². The minimum atomic E-state index is 0.695. The van der Waals surface area contributed by atoms with Crippen molar-refractivity contribution in [2.75, 3.05) is 5.73 Å². The fourth-order valence-corrected chi connectivity index (χ4v) is 1.89. The molecule has 0 aliphatic carbocycles. The quantitative estimate of drug-likeness (QED) is 0.701. The van der Waals surface area contributed by atoms with Crippen LogP contribution in [0.25, 0.3) is 16.7 Å². The van der Waals surface area contributed by atoms with Crippen LogP contribution in [0, 0.1) is 0 Å². The van der Waals surface area contributed by atoms with Crippen LogP contribution in [0.3, 0.4) is 0 Å². The zero-order valence-electron chi connectivity index (χ0n) is 8.84. The topological polar surface area (TPSA) is 56.7 Å². The van der Waals surface area contributed by atoms with Crippen LogP contribution in [0.1, 0.15) is 0 Å². The molecule has 17 heavy (non-hydrogen) atoms. The van der Waals surface area contributed by atoms with Gasteiger partial charge in [-0.3, -0.25) is 0 Å². The van der Waals surface area contributed by atoms with Crippen LogP contribution in [0.5, 0.6) is 0 Å². The number of nitrogens with two attached hydrogens (primary N) is 1. The molecule has 0 saturated heterocycles. The van der Waals surface area contributed by atoms with E-state index in [0.29, 0.717) is 5.69 Å². The Hall–Kier alpha value is -1.88. The minimum absolute atomic E-state index is 0.695.